The third-order valence-corrected chi connectivity index (χ3v) is 7.05. The molecule has 1 unspecified atom stereocenters. The summed E-state index contributed by atoms with van der Waals surface area (Å²) < 4.78 is 24.9. The summed E-state index contributed by atoms with van der Waals surface area (Å²) in [6, 6.07) is 10.6. The fourth-order valence-electron chi connectivity index (χ4n) is 5.24. The second-order valence-electron chi connectivity index (χ2n) is 10.5. The Hall–Kier alpha value is -3.13. The third-order valence-electron chi connectivity index (χ3n) is 7.05. The summed E-state index contributed by atoms with van der Waals surface area (Å²) in [6.45, 7) is 5.43. The highest BCUT2D eigenvalue weighted by molar-refractivity contribution is 5.96. The van der Waals surface area contributed by atoms with Gasteiger partial charge in [-0.3, -0.25) is 9.59 Å². The van der Waals surface area contributed by atoms with Crippen molar-refractivity contribution < 1.29 is 28.6 Å². The van der Waals surface area contributed by atoms with Crippen LogP contribution in [0.2, 0.25) is 0 Å². The number of hydrogen-bond acceptors (Lipinski definition) is 5. The fourth-order valence-corrected chi connectivity index (χ4v) is 5.24. The Balaban J connectivity index is 1.98. The second-order valence-corrected chi connectivity index (χ2v) is 10.5. The maximum Gasteiger partial charge on any atom is 0.304 e. The monoisotopic (exact) mass is 528 g/mol. The van der Waals surface area contributed by atoms with Gasteiger partial charge in [0.25, 0.3) is 0 Å². The van der Waals surface area contributed by atoms with Crippen LogP contribution in [0.4, 0.5) is 15.8 Å². The van der Waals surface area contributed by atoms with Crippen LogP contribution in [0.1, 0.15) is 69.4 Å². The van der Waals surface area contributed by atoms with Crippen molar-refractivity contribution in [2.24, 2.45) is 5.92 Å². The molecular weight excluding hydrogens is 487 g/mol. The maximum absolute atomic E-state index is 14.6. The average Bonchev–Trinajstić information content (AvgIpc) is 2.88. The summed E-state index contributed by atoms with van der Waals surface area (Å²) in [6.07, 6.45) is 5.53. The lowest BCUT2D eigenvalue weighted by molar-refractivity contribution is -0.137. The molecule has 0 bridgehead atoms. The van der Waals surface area contributed by atoms with Crippen molar-refractivity contribution in [2.45, 2.75) is 70.8 Å². The summed E-state index contributed by atoms with van der Waals surface area (Å²) in [7, 11) is 3.01. The molecule has 0 aliphatic heterocycles. The molecule has 208 valence electrons. The van der Waals surface area contributed by atoms with Gasteiger partial charge in [-0.25, -0.2) is 4.39 Å². The van der Waals surface area contributed by atoms with Crippen LogP contribution < -0.4 is 15.0 Å². The van der Waals surface area contributed by atoms with Gasteiger partial charge in [0.05, 0.1) is 37.9 Å². The minimum absolute atomic E-state index is 0.0873. The van der Waals surface area contributed by atoms with Crippen molar-refractivity contribution in [1.29, 1.82) is 0 Å². The van der Waals surface area contributed by atoms with Gasteiger partial charge < -0.3 is 24.8 Å². The van der Waals surface area contributed by atoms with Gasteiger partial charge >= 0.3 is 5.97 Å². The number of nitrogens with one attached hydrogen (secondary N) is 1. The van der Waals surface area contributed by atoms with Crippen molar-refractivity contribution in [3.8, 4) is 5.75 Å². The predicted octanol–water partition coefficient (Wildman–Crippen LogP) is 6.02. The van der Waals surface area contributed by atoms with Gasteiger partial charge in [0.2, 0.25) is 5.91 Å². The van der Waals surface area contributed by atoms with Gasteiger partial charge in [0.15, 0.2) is 0 Å². The van der Waals surface area contributed by atoms with E-state index in [1.807, 2.05) is 18.2 Å². The number of amides is 1. The number of methoxy groups -OCH3 is 2. The molecule has 1 aliphatic carbocycles. The van der Waals surface area contributed by atoms with E-state index in [0.717, 1.165) is 30.6 Å². The number of carboxylic acid groups (broad SMARTS) is 1. The molecule has 1 aliphatic rings. The summed E-state index contributed by atoms with van der Waals surface area (Å²) in [5.41, 5.74) is 2.57. The molecule has 0 heterocycles. The topological polar surface area (TPSA) is 88.1 Å². The van der Waals surface area contributed by atoms with Crippen LogP contribution in [0.3, 0.4) is 0 Å². The van der Waals surface area contributed by atoms with Gasteiger partial charge in [-0.1, -0.05) is 45.2 Å². The van der Waals surface area contributed by atoms with E-state index >= 15 is 0 Å². The normalized spacial score (nSPS) is 14.8. The third kappa shape index (κ3) is 8.18. The predicted molar refractivity (Wildman–Crippen MR) is 148 cm³/mol. The van der Waals surface area contributed by atoms with Crippen LogP contribution in [-0.4, -0.2) is 50.4 Å². The molecule has 1 saturated carbocycles. The smallest absolute Gasteiger partial charge is 0.304 e. The standard InChI is InChI=1S/C30H41FN2O5/c1-20(2)18-33(24-8-6-5-7-9-24)28-13-11-21(23(19-37-3)16-30(35)36)14-27(28)32-29(34)15-22-10-12-25(38-4)17-26(22)31/h10-14,17,20,23-24H,5-9,15-16,18-19H2,1-4H3,(H,32,34)(H,35,36). The Morgan fingerprint density at radius 2 is 1.84 bits per heavy atom. The molecule has 1 amide bonds. The summed E-state index contributed by atoms with van der Waals surface area (Å²) in [5.74, 6) is -1.33. The maximum atomic E-state index is 14.6. The van der Waals surface area contributed by atoms with Crippen LogP contribution in [0.15, 0.2) is 36.4 Å². The number of ether oxygens (including phenoxy) is 2. The number of nitrogens with zero attached hydrogens (tertiary/aromatic N) is 1. The number of aliphatic carboxylic acids is 1. The van der Waals surface area contributed by atoms with Gasteiger partial charge in [-0.05, 0) is 48.1 Å². The molecule has 1 fully saturated rings. The zero-order valence-electron chi connectivity index (χ0n) is 23.0. The van der Waals surface area contributed by atoms with Crippen molar-refractivity contribution in [3.05, 3.63) is 53.3 Å². The zero-order chi connectivity index (χ0) is 27.7. The first-order valence-electron chi connectivity index (χ1n) is 13.4. The lowest BCUT2D eigenvalue weighted by Crippen LogP contribution is -2.40. The Labute approximate surface area is 225 Å². The van der Waals surface area contributed by atoms with E-state index in [0.29, 0.717) is 23.4 Å². The van der Waals surface area contributed by atoms with E-state index in [1.54, 1.807) is 19.2 Å². The lowest BCUT2D eigenvalue weighted by atomic mass is 9.91. The zero-order valence-corrected chi connectivity index (χ0v) is 23.0. The molecular formula is C30H41FN2O5. The molecule has 38 heavy (non-hydrogen) atoms. The van der Waals surface area contributed by atoms with Gasteiger partial charge in [0, 0.05) is 31.7 Å². The minimum atomic E-state index is -0.916. The van der Waals surface area contributed by atoms with E-state index in [2.05, 4.69) is 24.1 Å². The van der Waals surface area contributed by atoms with Crippen LogP contribution >= 0.6 is 0 Å². The first-order chi connectivity index (χ1) is 18.2. The summed E-state index contributed by atoms with van der Waals surface area (Å²) in [4.78, 5) is 27.1. The Morgan fingerprint density at radius 3 is 2.45 bits per heavy atom. The number of carboxylic acids is 1. The van der Waals surface area contributed by atoms with Crippen LogP contribution in [-0.2, 0) is 20.7 Å². The first-order valence-corrected chi connectivity index (χ1v) is 13.4. The van der Waals surface area contributed by atoms with E-state index < -0.39 is 11.8 Å². The van der Waals surface area contributed by atoms with E-state index in [-0.39, 0.29) is 36.8 Å². The van der Waals surface area contributed by atoms with Crippen LogP contribution in [0.5, 0.6) is 5.75 Å². The molecule has 7 nitrogen and oxygen atoms in total. The van der Waals surface area contributed by atoms with Crippen LogP contribution in [0, 0.1) is 11.7 Å². The number of carbonyl (C=O) groups is 2. The van der Waals surface area contributed by atoms with E-state index in [4.69, 9.17) is 9.47 Å². The highest BCUT2D eigenvalue weighted by Gasteiger charge is 2.26. The fraction of sp³-hybridized carbons (Fsp3) is 0.533. The second kappa shape index (κ2) is 14.1. The number of carbonyl (C=O) groups excluding carboxylic acids is 1. The van der Waals surface area contributed by atoms with Crippen molar-refractivity contribution in [2.75, 3.05) is 37.6 Å². The molecule has 2 aromatic carbocycles. The molecule has 0 aromatic heterocycles. The average molecular weight is 529 g/mol. The van der Waals surface area contributed by atoms with Crippen molar-refractivity contribution in [3.63, 3.8) is 0 Å². The molecule has 2 N–H and O–H groups in total. The molecule has 1 atom stereocenters. The highest BCUT2D eigenvalue weighted by atomic mass is 19.1. The molecule has 2 aromatic rings. The van der Waals surface area contributed by atoms with E-state index in [9.17, 15) is 19.1 Å². The summed E-state index contributed by atoms with van der Waals surface area (Å²) in [5, 5.41) is 12.5. The number of benzene rings is 2. The van der Waals surface area contributed by atoms with Crippen LogP contribution in [0.25, 0.3) is 0 Å². The molecule has 0 spiro atoms. The summed E-state index contributed by atoms with van der Waals surface area (Å²) >= 11 is 0. The van der Waals surface area contributed by atoms with Gasteiger partial charge in [-0.15, -0.1) is 0 Å². The molecule has 8 heteroatoms. The molecule has 0 saturated heterocycles. The number of hydrogen-bond donors (Lipinski definition) is 2. The molecule has 0 radical (unpaired) electrons. The molecule has 3 rings (SSSR count). The van der Waals surface area contributed by atoms with Gasteiger partial charge in [0.1, 0.15) is 11.6 Å². The first kappa shape index (κ1) is 29.4. The number of rotatable bonds is 13. The van der Waals surface area contributed by atoms with Crippen molar-refractivity contribution >= 4 is 23.3 Å². The number of halogens is 1. The lowest BCUT2D eigenvalue weighted by Gasteiger charge is -2.38. The quantitative estimate of drug-likeness (QED) is 0.331. The van der Waals surface area contributed by atoms with Gasteiger partial charge in [-0.2, -0.15) is 0 Å². The Kier molecular flexibility index (Phi) is 11.0. The Morgan fingerprint density at radius 1 is 1.11 bits per heavy atom. The largest absolute Gasteiger partial charge is 0.497 e. The van der Waals surface area contributed by atoms with Crippen molar-refractivity contribution in [1.82, 2.24) is 0 Å². The van der Waals surface area contributed by atoms with E-state index in [1.165, 1.54) is 32.4 Å². The Bertz CT molecular complexity index is 1080. The number of anilines is 2. The minimum Gasteiger partial charge on any atom is -0.497 e. The SMILES string of the molecule is COCC(CC(=O)O)c1ccc(N(CC(C)C)C2CCCCC2)c(NC(=O)Cc2ccc(OC)cc2F)c1. The highest BCUT2D eigenvalue weighted by Crippen LogP contribution is 2.36.